The van der Waals surface area contributed by atoms with E-state index in [1.807, 2.05) is 6.92 Å². The summed E-state index contributed by atoms with van der Waals surface area (Å²) < 4.78 is 38.6. The minimum absolute atomic E-state index is 0.0218. The lowest BCUT2D eigenvalue weighted by molar-refractivity contribution is -0.142. The molecule has 1 unspecified atom stereocenters. The Morgan fingerprint density at radius 1 is 1.35 bits per heavy atom. The number of alkyl halides is 3. The summed E-state index contributed by atoms with van der Waals surface area (Å²) in [5, 5.41) is 0. The highest BCUT2D eigenvalue weighted by Gasteiger charge is 2.43. The molecule has 0 radical (unpaired) electrons. The van der Waals surface area contributed by atoms with Gasteiger partial charge in [-0.1, -0.05) is 13.0 Å². The Morgan fingerprint density at radius 3 is 2.70 bits per heavy atom. The Bertz CT molecular complexity index is 629. The average molecular weight is 326 g/mol. The predicted octanol–water partition coefficient (Wildman–Crippen LogP) is 3.11. The standard InChI is InChI=1S/C17H21F3N2O/c1-16(6-4-14(21)9-16)15(23)22-7-5-11-2-3-13(17(18,19)20)8-12(11)10-22/h2-3,8,14H,4-7,9-10,21H2,1H3/t14-,16?/m1/s1. The number of hydrogen-bond acceptors (Lipinski definition) is 2. The van der Waals surface area contributed by atoms with Crippen LogP contribution in [-0.4, -0.2) is 23.4 Å². The SMILES string of the molecule is CC1(C(=O)N2CCc3ccc(C(F)(F)F)cc3C2)CC[C@@H](N)C1. The maximum atomic E-state index is 12.9. The Kier molecular flexibility index (Phi) is 3.91. The van der Waals surface area contributed by atoms with Crippen molar-refractivity contribution in [1.29, 1.82) is 0 Å². The van der Waals surface area contributed by atoms with Crippen LogP contribution in [0.4, 0.5) is 13.2 Å². The number of fused-ring (bicyclic) bond motifs is 1. The Labute approximate surface area is 133 Å². The molecule has 0 spiro atoms. The topological polar surface area (TPSA) is 46.3 Å². The predicted molar refractivity (Wildman–Crippen MR) is 80.5 cm³/mol. The van der Waals surface area contributed by atoms with Gasteiger partial charge >= 0.3 is 6.18 Å². The van der Waals surface area contributed by atoms with Gasteiger partial charge in [0.1, 0.15) is 0 Å². The lowest BCUT2D eigenvalue weighted by Gasteiger charge is -2.35. The summed E-state index contributed by atoms with van der Waals surface area (Å²) in [6.07, 6.45) is -1.53. The van der Waals surface area contributed by atoms with Crippen LogP contribution >= 0.6 is 0 Å². The fourth-order valence-corrected chi connectivity index (χ4v) is 3.77. The van der Waals surface area contributed by atoms with Crippen LogP contribution in [0.3, 0.4) is 0 Å². The van der Waals surface area contributed by atoms with Crippen molar-refractivity contribution in [2.45, 2.75) is 51.4 Å². The van der Waals surface area contributed by atoms with E-state index in [4.69, 9.17) is 5.73 Å². The molecule has 6 heteroatoms. The van der Waals surface area contributed by atoms with Crippen molar-refractivity contribution in [3.05, 3.63) is 34.9 Å². The minimum atomic E-state index is -4.36. The number of benzene rings is 1. The van der Waals surface area contributed by atoms with Crippen molar-refractivity contribution >= 4 is 5.91 Å². The summed E-state index contributed by atoms with van der Waals surface area (Å²) in [6.45, 7) is 2.73. The first-order valence-electron chi connectivity index (χ1n) is 7.93. The van der Waals surface area contributed by atoms with Gasteiger partial charge in [-0.2, -0.15) is 13.2 Å². The number of halogens is 3. The summed E-state index contributed by atoms with van der Waals surface area (Å²) >= 11 is 0. The van der Waals surface area contributed by atoms with Gasteiger partial charge in [0.25, 0.3) is 0 Å². The fraction of sp³-hybridized carbons (Fsp3) is 0.588. The normalized spacial score (nSPS) is 27.9. The third-order valence-electron chi connectivity index (χ3n) is 5.13. The van der Waals surface area contributed by atoms with Crippen LogP contribution in [-0.2, 0) is 23.9 Å². The lowest BCUT2D eigenvalue weighted by Crippen LogP contribution is -2.44. The number of amides is 1. The van der Waals surface area contributed by atoms with E-state index in [9.17, 15) is 18.0 Å². The molecular formula is C17H21F3N2O. The van der Waals surface area contributed by atoms with Crippen molar-refractivity contribution in [2.75, 3.05) is 6.54 Å². The maximum Gasteiger partial charge on any atom is 0.416 e. The summed E-state index contributed by atoms with van der Waals surface area (Å²) in [5.41, 5.74) is 6.30. The Morgan fingerprint density at radius 2 is 2.09 bits per heavy atom. The molecule has 3 nitrogen and oxygen atoms in total. The number of rotatable bonds is 1. The zero-order chi connectivity index (χ0) is 16.8. The first-order valence-corrected chi connectivity index (χ1v) is 7.93. The molecule has 0 bridgehead atoms. The largest absolute Gasteiger partial charge is 0.416 e. The third-order valence-corrected chi connectivity index (χ3v) is 5.13. The van der Waals surface area contributed by atoms with E-state index in [1.165, 1.54) is 12.1 Å². The molecule has 1 aromatic carbocycles. The van der Waals surface area contributed by atoms with Crippen LogP contribution in [0.5, 0.6) is 0 Å². The summed E-state index contributed by atoms with van der Waals surface area (Å²) in [5.74, 6) is 0.0218. The summed E-state index contributed by atoms with van der Waals surface area (Å²) in [4.78, 5) is 14.5. The van der Waals surface area contributed by atoms with Crippen LogP contribution < -0.4 is 5.73 Å². The molecule has 0 saturated heterocycles. The van der Waals surface area contributed by atoms with E-state index in [-0.39, 0.29) is 18.5 Å². The quantitative estimate of drug-likeness (QED) is 0.862. The molecule has 3 rings (SSSR count). The first-order chi connectivity index (χ1) is 10.7. The highest BCUT2D eigenvalue weighted by Crippen LogP contribution is 2.40. The molecule has 1 amide bonds. The van der Waals surface area contributed by atoms with Crippen LogP contribution in [0.2, 0.25) is 0 Å². The van der Waals surface area contributed by atoms with Crippen LogP contribution in [0.1, 0.15) is 42.9 Å². The second-order valence-electron chi connectivity index (χ2n) is 7.02. The van der Waals surface area contributed by atoms with E-state index in [0.29, 0.717) is 24.9 Å². The van der Waals surface area contributed by atoms with E-state index >= 15 is 0 Å². The number of nitrogens with two attached hydrogens (primary N) is 1. The van der Waals surface area contributed by atoms with Crippen molar-refractivity contribution in [1.82, 2.24) is 4.90 Å². The molecule has 1 aliphatic carbocycles. The van der Waals surface area contributed by atoms with Gasteiger partial charge in [0.05, 0.1) is 5.56 Å². The molecule has 1 aromatic rings. The van der Waals surface area contributed by atoms with Crippen LogP contribution in [0.25, 0.3) is 0 Å². The molecule has 1 aliphatic heterocycles. The van der Waals surface area contributed by atoms with Gasteiger partial charge in [0.2, 0.25) is 5.91 Å². The zero-order valence-electron chi connectivity index (χ0n) is 13.1. The smallest absolute Gasteiger partial charge is 0.338 e. The van der Waals surface area contributed by atoms with E-state index in [1.54, 1.807) is 4.90 Å². The third kappa shape index (κ3) is 3.09. The monoisotopic (exact) mass is 326 g/mol. The van der Waals surface area contributed by atoms with Gasteiger partial charge in [-0.3, -0.25) is 4.79 Å². The Hall–Kier alpha value is -1.56. The highest BCUT2D eigenvalue weighted by molar-refractivity contribution is 5.83. The molecule has 0 aromatic heterocycles. The second kappa shape index (κ2) is 5.51. The molecule has 1 heterocycles. The second-order valence-corrected chi connectivity index (χ2v) is 7.02. The number of carbonyl (C=O) groups excluding carboxylic acids is 1. The molecule has 126 valence electrons. The van der Waals surface area contributed by atoms with Gasteiger partial charge < -0.3 is 10.6 Å². The molecular weight excluding hydrogens is 305 g/mol. The molecule has 1 saturated carbocycles. The van der Waals surface area contributed by atoms with Crippen molar-refractivity contribution in [3.63, 3.8) is 0 Å². The summed E-state index contributed by atoms with van der Waals surface area (Å²) in [7, 11) is 0. The fourth-order valence-electron chi connectivity index (χ4n) is 3.77. The van der Waals surface area contributed by atoms with E-state index in [0.717, 1.165) is 24.5 Å². The van der Waals surface area contributed by atoms with Crippen LogP contribution in [0, 0.1) is 5.41 Å². The van der Waals surface area contributed by atoms with Crippen LogP contribution in [0.15, 0.2) is 18.2 Å². The van der Waals surface area contributed by atoms with Crippen molar-refractivity contribution < 1.29 is 18.0 Å². The molecule has 2 aliphatic rings. The van der Waals surface area contributed by atoms with Gasteiger partial charge in [0, 0.05) is 24.5 Å². The van der Waals surface area contributed by atoms with E-state index < -0.39 is 17.2 Å². The van der Waals surface area contributed by atoms with Gasteiger partial charge in [-0.25, -0.2) is 0 Å². The number of nitrogens with zero attached hydrogens (tertiary/aromatic N) is 1. The number of hydrogen-bond donors (Lipinski definition) is 1. The summed E-state index contributed by atoms with van der Waals surface area (Å²) in [6, 6.07) is 3.87. The van der Waals surface area contributed by atoms with Gasteiger partial charge in [-0.05, 0) is 48.9 Å². The number of carbonyl (C=O) groups is 1. The Balaban J connectivity index is 1.81. The average Bonchev–Trinajstić information content (AvgIpc) is 2.85. The lowest BCUT2D eigenvalue weighted by atomic mass is 9.85. The van der Waals surface area contributed by atoms with Gasteiger partial charge in [0.15, 0.2) is 0 Å². The first kappa shape index (κ1) is 16.3. The molecule has 2 N–H and O–H groups in total. The maximum absolute atomic E-state index is 12.9. The van der Waals surface area contributed by atoms with E-state index in [2.05, 4.69) is 0 Å². The zero-order valence-corrected chi connectivity index (χ0v) is 13.1. The van der Waals surface area contributed by atoms with Gasteiger partial charge in [-0.15, -0.1) is 0 Å². The highest BCUT2D eigenvalue weighted by atomic mass is 19.4. The van der Waals surface area contributed by atoms with Crippen molar-refractivity contribution in [3.8, 4) is 0 Å². The molecule has 2 atom stereocenters. The van der Waals surface area contributed by atoms with Crippen molar-refractivity contribution in [2.24, 2.45) is 11.1 Å². The minimum Gasteiger partial charge on any atom is -0.338 e. The molecule has 1 fully saturated rings. The molecule has 23 heavy (non-hydrogen) atoms.